The first-order valence-corrected chi connectivity index (χ1v) is 23.5. The number of esters is 1. The van der Waals surface area contributed by atoms with Crippen LogP contribution in [0.4, 0.5) is 0 Å². The molecule has 0 bridgehead atoms. The molecule has 0 spiro atoms. The molecule has 0 heterocycles. The lowest BCUT2D eigenvalue weighted by Gasteiger charge is -2.24. The van der Waals surface area contributed by atoms with E-state index in [-0.39, 0.29) is 32.2 Å². The molecule has 0 fully saturated rings. The quantitative estimate of drug-likeness (QED) is 0.0217. The molecule has 0 radical (unpaired) electrons. The first kappa shape index (κ1) is 53.2. The molecule has 0 amide bonds. The van der Waals surface area contributed by atoms with Crippen LogP contribution < -0.4 is 0 Å². The van der Waals surface area contributed by atoms with Crippen LogP contribution in [-0.2, 0) is 27.9 Å². The Morgan fingerprint density at radius 3 is 1.60 bits per heavy atom. The summed E-state index contributed by atoms with van der Waals surface area (Å²) in [6.07, 6.45) is 48.3. The lowest BCUT2D eigenvalue weighted by Crippen LogP contribution is -2.37. The Labute approximate surface area is 339 Å². The summed E-state index contributed by atoms with van der Waals surface area (Å²) in [5, 5.41) is 0. The number of nitrogens with zero attached hydrogens (tertiary/aromatic N) is 1. The summed E-state index contributed by atoms with van der Waals surface area (Å²) in [6, 6.07) is 0. The largest absolute Gasteiger partial charge is 0.472 e. The zero-order valence-corrected chi connectivity index (χ0v) is 37.0. The van der Waals surface area contributed by atoms with Crippen LogP contribution in [0.1, 0.15) is 168 Å². The fourth-order valence-electron chi connectivity index (χ4n) is 5.65. The Balaban J connectivity index is 4.30. The second kappa shape index (κ2) is 39.0. The fourth-order valence-corrected chi connectivity index (χ4v) is 6.40. The van der Waals surface area contributed by atoms with Gasteiger partial charge in [-0.15, -0.1) is 0 Å². The van der Waals surface area contributed by atoms with E-state index in [1.54, 1.807) is 0 Å². The van der Waals surface area contributed by atoms with E-state index in [0.717, 1.165) is 51.4 Å². The second-order valence-corrected chi connectivity index (χ2v) is 17.1. The number of phosphoric acid groups is 1. The molecular formula is C46H85NO7P+. The predicted molar refractivity (Wildman–Crippen MR) is 233 cm³/mol. The van der Waals surface area contributed by atoms with Gasteiger partial charge in [-0.2, -0.15) is 0 Å². The SMILES string of the molecule is CC/C=C\C/C=C\C/C=C\C/C=C\CCCCC(=O)OC(COCCCCCCCCCC/C=C\CCCCCCCC)COP(=O)(O)OCC[N+](C)(C)C. The lowest BCUT2D eigenvalue weighted by molar-refractivity contribution is -0.870. The third-order valence-electron chi connectivity index (χ3n) is 9.06. The van der Waals surface area contributed by atoms with Gasteiger partial charge in [0.05, 0.1) is 34.4 Å². The zero-order chi connectivity index (χ0) is 40.6. The monoisotopic (exact) mass is 795 g/mol. The third-order valence-corrected chi connectivity index (χ3v) is 10.0. The fraction of sp³-hybridized carbons (Fsp3) is 0.761. The number of carbonyl (C=O) groups is 1. The van der Waals surface area contributed by atoms with Crippen LogP contribution in [0.5, 0.6) is 0 Å². The second-order valence-electron chi connectivity index (χ2n) is 15.7. The highest BCUT2D eigenvalue weighted by atomic mass is 31.2. The number of rotatable bonds is 40. The van der Waals surface area contributed by atoms with Crippen molar-refractivity contribution in [2.75, 3.05) is 54.1 Å². The number of phosphoric ester groups is 1. The lowest BCUT2D eigenvalue weighted by atomic mass is 10.1. The molecule has 0 aromatic carbocycles. The number of unbranched alkanes of at least 4 members (excludes halogenated alkanes) is 16. The van der Waals surface area contributed by atoms with Gasteiger partial charge in [-0.25, -0.2) is 4.57 Å². The normalized spacial score (nSPS) is 14.4. The summed E-state index contributed by atoms with van der Waals surface area (Å²) >= 11 is 0. The minimum atomic E-state index is -4.29. The first-order valence-electron chi connectivity index (χ1n) is 22.0. The van der Waals surface area contributed by atoms with Gasteiger partial charge in [-0.1, -0.05) is 145 Å². The summed E-state index contributed by atoms with van der Waals surface area (Å²) < 4.78 is 34.9. The van der Waals surface area contributed by atoms with E-state index in [1.165, 1.54) is 89.9 Å². The van der Waals surface area contributed by atoms with Gasteiger partial charge in [0, 0.05) is 13.0 Å². The molecule has 0 aromatic rings. The molecule has 0 rings (SSSR count). The number of quaternary nitrogens is 1. The van der Waals surface area contributed by atoms with E-state index < -0.39 is 13.9 Å². The van der Waals surface area contributed by atoms with Gasteiger partial charge in [0.2, 0.25) is 0 Å². The zero-order valence-electron chi connectivity index (χ0n) is 36.1. The smallest absolute Gasteiger partial charge is 0.457 e. The number of likely N-dealkylation sites (N-methyl/N-ethyl adjacent to an activating group) is 1. The maximum atomic E-state index is 12.7. The minimum Gasteiger partial charge on any atom is -0.457 e. The molecule has 8 nitrogen and oxygen atoms in total. The van der Waals surface area contributed by atoms with Crippen molar-refractivity contribution in [3.63, 3.8) is 0 Å². The molecule has 55 heavy (non-hydrogen) atoms. The Kier molecular flexibility index (Phi) is 37.8. The molecule has 0 aliphatic heterocycles. The van der Waals surface area contributed by atoms with Gasteiger partial charge < -0.3 is 18.9 Å². The Morgan fingerprint density at radius 2 is 1.05 bits per heavy atom. The molecule has 0 saturated carbocycles. The van der Waals surface area contributed by atoms with Crippen molar-refractivity contribution < 1.29 is 37.3 Å². The number of ether oxygens (including phenoxy) is 2. The molecule has 2 unspecified atom stereocenters. The van der Waals surface area contributed by atoms with Crippen molar-refractivity contribution in [1.29, 1.82) is 0 Å². The molecule has 320 valence electrons. The van der Waals surface area contributed by atoms with Gasteiger partial charge in [0.1, 0.15) is 19.3 Å². The predicted octanol–water partition coefficient (Wildman–Crippen LogP) is 12.9. The van der Waals surface area contributed by atoms with Crippen LogP contribution in [0.2, 0.25) is 0 Å². The molecule has 0 aromatic heterocycles. The van der Waals surface area contributed by atoms with Gasteiger partial charge in [0.15, 0.2) is 0 Å². The summed E-state index contributed by atoms with van der Waals surface area (Å²) in [6.45, 7) is 5.43. The highest BCUT2D eigenvalue weighted by Crippen LogP contribution is 2.43. The van der Waals surface area contributed by atoms with Crippen molar-refractivity contribution >= 4 is 13.8 Å². The highest BCUT2D eigenvalue weighted by molar-refractivity contribution is 7.47. The van der Waals surface area contributed by atoms with Crippen LogP contribution >= 0.6 is 7.82 Å². The standard InChI is InChI=1S/C46H84NO7P/c1-6-8-10-12-14-16-18-20-22-23-24-26-28-30-32-34-36-38-41-51-43-45(44-53-55(49,50)52-42-40-47(3,4)5)54-46(48)39-37-35-33-31-29-27-25-21-19-17-15-13-11-9-7-2/h9,11,15,17,20-22,25,29,31,45H,6-8,10,12-14,16,18-19,23-24,26-28,30,32-44H2,1-5H3/p+1/b11-9-,17-15-,22-20-,25-21-,31-29-. The number of hydrogen-bond acceptors (Lipinski definition) is 6. The van der Waals surface area contributed by atoms with Gasteiger partial charge in [-0.05, 0) is 77.0 Å². The average Bonchev–Trinajstić information content (AvgIpc) is 3.13. The summed E-state index contributed by atoms with van der Waals surface area (Å²) in [4.78, 5) is 22.9. The van der Waals surface area contributed by atoms with Gasteiger partial charge in [-0.3, -0.25) is 13.8 Å². The van der Waals surface area contributed by atoms with E-state index >= 15 is 0 Å². The molecular weight excluding hydrogens is 709 g/mol. The van der Waals surface area contributed by atoms with Gasteiger partial charge >= 0.3 is 13.8 Å². The maximum Gasteiger partial charge on any atom is 0.472 e. The average molecular weight is 795 g/mol. The first-order chi connectivity index (χ1) is 26.6. The number of allylic oxidation sites excluding steroid dienone is 10. The Morgan fingerprint density at radius 1 is 0.582 bits per heavy atom. The van der Waals surface area contributed by atoms with Crippen LogP contribution in [0.3, 0.4) is 0 Å². The molecule has 0 aliphatic carbocycles. The number of hydrogen-bond donors (Lipinski definition) is 1. The van der Waals surface area contributed by atoms with Crippen molar-refractivity contribution in [3.8, 4) is 0 Å². The van der Waals surface area contributed by atoms with Crippen LogP contribution in [0, 0.1) is 0 Å². The van der Waals surface area contributed by atoms with E-state index in [1.807, 2.05) is 21.1 Å². The highest BCUT2D eigenvalue weighted by Gasteiger charge is 2.26. The van der Waals surface area contributed by atoms with E-state index in [0.29, 0.717) is 24.1 Å². The maximum absolute atomic E-state index is 12.7. The third kappa shape index (κ3) is 43.2. The van der Waals surface area contributed by atoms with E-state index in [9.17, 15) is 14.3 Å². The Bertz CT molecular complexity index is 1060. The number of carbonyl (C=O) groups excluding carboxylic acids is 1. The summed E-state index contributed by atoms with van der Waals surface area (Å²) in [7, 11) is 1.63. The minimum absolute atomic E-state index is 0.0776. The van der Waals surface area contributed by atoms with Crippen molar-refractivity contribution in [1.82, 2.24) is 0 Å². The topological polar surface area (TPSA) is 91.3 Å². The van der Waals surface area contributed by atoms with Crippen molar-refractivity contribution in [2.45, 2.75) is 174 Å². The van der Waals surface area contributed by atoms with Crippen LogP contribution in [0.25, 0.3) is 0 Å². The van der Waals surface area contributed by atoms with Crippen LogP contribution in [0.15, 0.2) is 60.8 Å². The van der Waals surface area contributed by atoms with Crippen molar-refractivity contribution in [2.24, 2.45) is 0 Å². The van der Waals surface area contributed by atoms with E-state index in [2.05, 4.69) is 74.6 Å². The molecule has 0 saturated heterocycles. The van der Waals surface area contributed by atoms with Crippen LogP contribution in [-0.4, -0.2) is 75.6 Å². The molecule has 1 N–H and O–H groups in total. The Hall–Kier alpha value is -1.80. The summed E-state index contributed by atoms with van der Waals surface area (Å²) in [5.74, 6) is -0.356. The van der Waals surface area contributed by atoms with Crippen molar-refractivity contribution in [3.05, 3.63) is 60.8 Å². The van der Waals surface area contributed by atoms with Gasteiger partial charge in [0.25, 0.3) is 0 Å². The summed E-state index contributed by atoms with van der Waals surface area (Å²) in [5.41, 5.74) is 0. The van der Waals surface area contributed by atoms with E-state index in [4.69, 9.17) is 18.5 Å². The molecule has 9 heteroatoms. The molecule has 2 atom stereocenters. The molecule has 0 aliphatic rings.